The van der Waals surface area contributed by atoms with Crippen LogP contribution in [0.4, 0.5) is 11.4 Å². The van der Waals surface area contributed by atoms with E-state index in [-0.39, 0.29) is 17.0 Å². The molecule has 2 rings (SSSR count). The van der Waals surface area contributed by atoms with Gasteiger partial charge < -0.3 is 14.2 Å². The van der Waals surface area contributed by atoms with Crippen LogP contribution in [0.1, 0.15) is 32.1 Å². The molecular formula is C20H23N3O5. The van der Waals surface area contributed by atoms with Crippen LogP contribution in [-0.2, 0) is 11.3 Å². The third kappa shape index (κ3) is 4.28. The molecule has 0 unspecified atom stereocenters. The number of nitro benzene ring substituents is 1. The van der Waals surface area contributed by atoms with Crippen molar-refractivity contribution in [3.05, 3.63) is 69.5 Å². The summed E-state index contributed by atoms with van der Waals surface area (Å²) in [7, 11) is 3.34. The highest BCUT2D eigenvalue weighted by molar-refractivity contribution is 6.00. The number of allylic oxidation sites excluding steroid dienone is 1. The van der Waals surface area contributed by atoms with Gasteiger partial charge in [0.15, 0.2) is 6.61 Å². The molecule has 0 spiro atoms. The van der Waals surface area contributed by atoms with Gasteiger partial charge in [-0.2, -0.15) is 0 Å². The van der Waals surface area contributed by atoms with Crippen molar-refractivity contribution in [3.63, 3.8) is 0 Å². The van der Waals surface area contributed by atoms with Gasteiger partial charge in [-0.1, -0.05) is 6.08 Å². The maximum absolute atomic E-state index is 12.5. The number of rotatable bonds is 8. The Kier molecular flexibility index (Phi) is 6.35. The maximum atomic E-state index is 12.5. The van der Waals surface area contributed by atoms with Crippen molar-refractivity contribution in [1.29, 1.82) is 0 Å². The number of carbonyl (C=O) groups excluding carboxylic acids is 2. The highest BCUT2D eigenvalue weighted by Gasteiger charge is 2.21. The molecule has 1 heterocycles. The molecule has 8 nitrogen and oxygen atoms in total. The standard InChI is InChI=1S/C20H23N3O5/c1-6-9-22-13(2)10-16(14(22)3)19(24)12-28-20(25)15-7-8-17(21(4)5)18(11-15)23(26)27/h6-8,10-11H,1,9,12H2,2-5H3. The van der Waals surface area contributed by atoms with Gasteiger partial charge in [0.1, 0.15) is 5.69 Å². The number of anilines is 1. The van der Waals surface area contributed by atoms with E-state index < -0.39 is 17.5 Å². The third-order valence-electron chi connectivity index (χ3n) is 4.41. The predicted octanol–water partition coefficient (Wildman–Crippen LogP) is 3.30. The third-order valence-corrected chi connectivity index (χ3v) is 4.41. The summed E-state index contributed by atoms with van der Waals surface area (Å²) in [6.45, 7) is 7.52. The summed E-state index contributed by atoms with van der Waals surface area (Å²) in [4.78, 5) is 37.0. The first-order valence-electron chi connectivity index (χ1n) is 8.61. The normalized spacial score (nSPS) is 10.4. The summed E-state index contributed by atoms with van der Waals surface area (Å²) < 4.78 is 7.03. The Labute approximate surface area is 163 Å². The number of esters is 1. The van der Waals surface area contributed by atoms with E-state index in [2.05, 4.69) is 6.58 Å². The van der Waals surface area contributed by atoms with Crippen LogP contribution in [0.25, 0.3) is 0 Å². The first-order valence-corrected chi connectivity index (χ1v) is 8.61. The number of nitro groups is 1. The van der Waals surface area contributed by atoms with E-state index in [0.717, 1.165) is 17.5 Å². The molecule has 1 aromatic carbocycles. The Hall–Kier alpha value is -3.42. The van der Waals surface area contributed by atoms with Gasteiger partial charge in [0.05, 0.1) is 10.5 Å². The highest BCUT2D eigenvalue weighted by atomic mass is 16.6. The van der Waals surface area contributed by atoms with Crippen molar-refractivity contribution in [1.82, 2.24) is 4.57 Å². The van der Waals surface area contributed by atoms with Crippen LogP contribution in [0.5, 0.6) is 0 Å². The highest BCUT2D eigenvalue weighted by Crippen LogP contribution is 2.28. The van der Waals surface area contributed by atoms with E-state index in [0.29, 0.717) is 17.8 Å². The summed E-state index contributed by atoms with van der Waals surface area (Å²) in [6.07, 6.45) is 1.73. The minimum Gasteiger partial charge on any atom is -0.454 e. The summed E-state index contributed by atoms with van der Waals surface area (Å²) in [5.74, 6) is -1.13. The first-order chi connectivity index (χ1) is 13.2. The van der Waals surface area contributed by atoms with Crippen molar-refractivity contribution in [3.8, 4) is 0 Å². The molecule has 0 aliphatic heterocycles. The second-order valence-electron chi connectivity index (χ2n) is 6.54. The number of ether oxygens (including phenoxy) is 1. The fraction of sp³-hybridized carbons (Fsp3) is 0.300. The molecule has 0 saturated carbocycles. The van der Waals surface area contributed by atoms with Crippen molar-refractivity contribution < 1.29 is 19.2 Å². The molecule has 0 radical (unpaired) electrons. The minimum atomic E-state index is -0.790. The summed E-state index contributed by atoms with van der Waals surface area (Å²) in [5, 5.41) is 11.2. The van der Waals surface area contributed by atoms with Crippen LogP contribution < -0.4 is 4.90 Å². The number of carbonyl (C=O) groups is 2. The Morgan fingerprint density at radius 3 is 2.54 bits per heavy atom. The lowest BCUT2D eigenvalue weighted by molar-refractivity contribution is -0.384. The quantitative estimate of drug-likeness (QED) is 0.227. The molecule has 0 aliphatic carbocycles. The lowest BCUT2D eigenvalue weighted by atomic mass is 10.1. The number of Topliss-reactive ketones (excluding diaryl/α,β-unsaturated/α-hetero) is 1. The second-order valence-corrected chi connectivity index (χ2v) is 6.54. The van der Waals surface area contributed by atoms with Gasteiger partial charge in [0.2, 0.25) is 5.78 Å². The number of benzene rings is 1. The molecule has 0 amide bonds. The van der Waals surface area contributed by atoms with Crippen LogP contribution >= 0.6 is 0 Å². The predicted molar refractivity (Wildman–Crippen MR) is 106 cm³/mol. The second kappa shape index (κ2) is 8.51. The number of aryl methyl sites for hydroxylation is 1. The SMILES string of the molecule is C=CCn1c(C)cc(C(=O)COC(=O)c2ccc(N(C)C)c([N+](=O)[O-])c2)c1C. The van der Waals surface area contributed by atoms with Crippen LogP contribution in [0, 0.1) is 24.0 Å². The molecule has 0 bridgehead atoms. The van der Waals surface area contributed by atoms with Crippen LogP contribution in [0.2, 0.25) is 0 Å². The van der Waals surface area contributed by atoms with E-state index in [1.807, 2.05) is 18.4 Å². The maximum Gasteiger partial charge on any atom is 0.338 e. The summed E-state index contributed by atoms with van der Waals surface area (Å²) >= 11 is 0. The van der Waals surface area contributed by atoms with Gasteiger partial charge in [0, 0.05) is 43.7 Å². The van der Waals surface area contributed by atoms with Gasteiger partial charge in [0.25, 0.3) is 5.69 Å². The van der Waals surface area contributed by atoms with Gasteiger partial charge in [-0.25, -0.2) is 4.79 Å². The van der Waals surface area contributed by atoms with E-state index in [1.165, 1.54) is 12.1 Å². The van der Waals surface area contributed by atoms with E-state index in [4.69, 9.17) is 4.74 Å². The molecule has 0 atom stereocenters. The van der Waals surface area contributed by atoms with Crippen molar-refractivity contribution in [2.75, 3.05) is 25.6 Å². The molecule has 2 aromatic rings. The Bertz CT molecular complexity index is 944. The number of ketones is 1. The number of aromatic nitrogens is 1. The summed E-state index contributed by atoms with van der Waals surface area (Å²) in [5.41, 5.74) is 2.32. The van der Waals surface area contributed by atoms with Crippen LogP contribution in [0.3, 0.4) is 0 Å². The van der Waals surface area contributed by atoms with Gasteiger partial charge >= 0.3 is 5.97 Å². The lowest BCUT2D eigenvalue weighted by Gasteiger charge is -2.13. The molecule has 28 heavy (non-hydrogen) atoms. The average Bonchev–Trinajstić information content (AvgIpc) is 2.93. The zero-order valence-electron chi connectivity index (χ0n) is 16.4. The monoisotopic (exact) mass is 385 g/mol. The first kappa shape index (κ1) is 20.9. The van der Waals surface area contributed by atoms with Crippen molar-refractivity contribution in [2.24, 2.45) is 0 Å². The molecule has 0 N–H and O–H groups in total. The fourth-order valence-electron chi connectivity index (χ4n) is 2.96. The van der Waals surface area contributed by atoms with E-state index in [9.17, 15) is 19.7 Å². The minimum absolute atomic E-state index is 0.0160. The Morgan fingerprint density at radius 2 is 1.96 bits per heavy atom. The number of hydrogen-bond acceptors (Lipinski definition) is 6. The number of hydrogen-bond donors (Lipinski definition) is 0. The topological polar surface area (TPSA) is 94.7 Å². The Morgan fingerprint density at radius 1 is 1.29 bits per heavy atom. The van der Waals surface area contributed by atoms with E-state index in [1.54, 1.807) is 31.1 Å². The average molecular weight is 385 g/mol. The fourth-order valence-corrected chi connectivity index (χ4v) is 2.96. The molecule has 0 saturated heterocycles. The van der Waals surface area contributed by atoms with Crippen LogP contribution in [0.15, 0.2) is 36.9 Å². The molecular weight excluding hydrogens is 362 g/mol. The largest absolute Gasteiger partial charge is 0.454 e. The van der Waals surface area contributed by atoms with Gasteiger partial charge in [-0.15, -0.1) is 6.58 Å². The van der Waals surface area contributed by atoms with Gasteiger partial charge in [-0.3, -0.25) is 14.9 Å². The zero-order valence-corrected chi connectivity index (χ0v) is 16.4. The van der Waals surface area contributed by atoms with Crippen molar-refractivity contribution >= 4 is 23.1 Å². The Balaban J connectivity index is 2.15. The van der Waals surface area contributed by atoms with E-state index >= 15 is 0 Å². The molecule has 0 aliphatic rings. The molecule has 148 valence electrons. The zero-order chi connectivity index (χ0) is 21.0. The van der Waals surface area contributed by atoms with Crippen LogP contribution in [-0.4, -0.2) is 41.9 Å². The summed E-state index contributed by atoms with van der Waals surface area (Å²) in [6, 6.07) is 5.80. The molecule has 0 fully saturated rings. The van der Waals surface area contributed by atoms with Crippen molar-refractivity contribution in [2.45, 2.75) is 20.4 Å². The smallest absolute Gasteiger partial charge is 0.338 e. The number of nitrogens with zero attached hydrogens (tertiary/aromatic N) is 3. The molecule has 8 heteroatoms. The lowest BCUT2D eigenvalue weighted by Crippen LogP contribution is -2.16. The van der Waals surface area contributed by atoms with Gasteiger partial charge in [-0.05, 0) is 32.0 Å². The molecule has 1 aromatic heterocycles.